The van der Waals surface area contributed by atoms with E-state index in [1.165, 1.54) is 0 Å². The van der Waals surface area contributed by atoms with Gasteiger partial charge in [0.1, 0.15) is 5.75 Å². The molecule has 0 unspecified atom stereocenters. The third-order valence-corrected chi connectivity index (χ3v) is 2.59. The Morgan fingerprint density at radius 1 is 1.50 bits per heavy atom. The van der Waals surface area contributed by atoms with Crippen LogP contribution >= 0.6 is 0 Å². The Kier molecular flexibility index (Phi) is 3.51. The van der Waals surface area contributed by atoms with Crippen molar-refractivity contribution in [1.29, 1.82) is 0 Å². The van der Waals surface area contributed by atoms with E-state index in [-0.39, 0.29) is 0 Å². The zero-order valence-corrected chi connectivity index (χ0v) is 9.53. The van der Waals surface area contributed by atoms with Crippen LogP contribution in [0, 0.1) is 6.07 Å². The topological polar surface area (TPSA) is 47.7 Å². The highest BCUT2D eigenvalue weighted by Gasteiger charge is 2.14. The van der Waals surface area contributed by atoms with Crippen molar-refractivity contribution < 1.29 is 9.47 Å². The molecule has 4 nitrogen and oxygen atoms in total. The lowest BCUT2D eigenvalue weighted by atomic mass is 10.2. The quantitative estimate of drug-likeness (QED) is 0.782. The van der Waals surface area contributed by atoms with Gasteiger partial charge in [-0.05, 0) is 13.0 Å². The summed E-state index contributed by atoms with van der Waals surface area (Å²) in [5.41, 5.74) is 7.76. The third-order valence-electron chi connectivity index (χ3n) is 2.59. The second-order valence-corrected chi connectivity index (χ2v) is 3.67. The fraction of sp³-hybridized carbons (Fsp3) is 0.500. The minimum absolute atomic E-state index is 0.632. The maximum Gasteiger partial charge on any atom is 0.129 e. The number of rotatable bonds is 3. The number of ether oxygens (including phenoxy) is 2. The summed E-state index contributed by atoms with van der Waals surface area (Å²) in [6, 6.07) is 6.81. The molecule has 0 bridgehead atoms. The molecular weight excluding hydrogens is 204 g/mol. The number of benzene rings is 1. The van der Waals surface area contributed by atoms with Gasteiger partial charge >= 0.3 is 0 Å². The number of nitrogens with zero attached hydrogens (tertiary/aromatic N) is 1. The van der Waals surface area contributed by atoms with Crippen molar-refractivity contribution in [2.24, 2.45) is 0 Å². The molecule has 16 heavy (non-hydrogen) atoms. The van der Waals surface area contributed by atoms with Crippen LogP contribution in [0.2, 0.25) is 0 Å². The maximum absolute atomic E-state index is 6.00. The number of morpholine rings is 1. The standard InChI is InChI=1S/C12H17N2O2/c1-2-16-10-3-4-12(11(13)9-10)14-5-7-15-8-6-14/h4,9H,2,5-8,13H2,1H3. The normalized spacial score (nSPS) is 16.2. The molecule has 1 heterocycles. The van der Waals surface area contributed by atoms with E-state index in [2.05, 4.69) is 11.0 Å². The molecule has 0 atom stereocenters. The van der Waals surface area contributed by atoms with Gasteiger partial charge in [-0.2, -0.15) is 0 Å². The van der Waals surface area contributed by atoms with Crippen LogP contribution in [0.4, 0.5) is 11.4 Å². The first-order chi connectivity index (χ1) is 7.81. The van der Waals surface area contributed by atoms with Gasteiger partial charge in [0.05, 0.1) is 31.2 Å². The lowest BCUT2D eigenvalue weighted by Crippen LogP contribution is -2.36. The van der Waals surface area contributed by atoms with Gasteiger partial charge in [0.2, 0.25) is 0 Å². The highest BCUT2D eigenvalue weighted by Crippen LogP contribution is 2.27. The van der Waals surface area contributed by atoms with E-state index in [1.54, 1.807) is 0 Å². The average molecular weight is 221 g/mol. The van der Waals surface area contributed by atoms with Gasteiger partial charge in [-0.1, -0.05) is 0 Å². The SMILES string of the molecule is CCOc1[c]cc(N2CCOCC2)c(N)c1. The van der Waals surface area contributed by atoms with Gasteiger partial charge in [-0.3, -0.25) is 0 Å². The largest absolute Gasteiger partial charge is 0.493 e. The smallest absolute Gasteiger partial charge is 0.129 e. The summed E-state index contributed by atoms with van der Waals surface area (Å²) in [7, 11) is 0. The van der Waals surface area contributed by atoms with Gasteiger partial charge < -0.3 is 20.1 Å². The zero-order valence-electron chi connectivity index (χ0n) is 9.53. The Labute approximate surface area is 95.9 Å². The molecule has 0 saturated carbocycles. The Morgan fingerprint density at radius 3 is 2.88 bits per heavy atom. The average Bonchev–Trinajstić information content (AvgIpc) is 2.31. The van der Waals surface area contributed by atoms with Crippen molar-refractivity contribution in [3.8, 4) is 5.75 Å². The number of nitrogen functional groups attached to an aromatic ring is 1. The molecule has 1 saturated heterocycles. The summed E-state index contributed by atoms with van der Waals surface area (Å²) in [5, 5.41) is 0. The second-order valence-electron chi connectivity index (χ2n) is 3.67. The van der Waals surface area contributed by atoms with Crippen molar-refractivity contribution >= 4 is 11.4 Å². The Hall–Kier alpha value is -1.42. The molecule has 1 aromatic carbocycles. The summed E-state index contributed by atoms with van der Waals surface area (Å²) >= 11 is 0. The molecule has 1 radical (unpaired) electrons. The summed E-state index contributed by atoms with van der Waals surface area (Å²) in [5.74, 6) is 0.706. The van der Waals surface area contributed by atoms with Crippen LogP contribution in [-0.2, 0) is 4.74 Å². The second kappa shape index (κ2) is 5.07. The number of nitrogens with two attached hydrogens (primary N) is 1. The predicted molar refractivity (Wildman–Crippen MR) is 63.9 cm³/mol. The van der Waals surface area contributed by atoms with Crippen LogP contribution in [0.5, 0.6) is 5.75 Å². The highest BCUT2D eigenvalue weighted by molar-refractivity contribution is 5.69. The van der Waals surface area contributed by atoms with E-state index in [4.69, 9.17) is 15.2 Å². The molecule has 1 aromatic rings. The molecule has 0 aromatic heterocycles. The molecule has 1 aliphatic heterocycles. The fourth-order valence-electron chi connectivity index (χ4n) is 1.80. The summed E-state index contributed by atoms with van der Waals surface area (Å²) in [6.07, 6.45) is 0. The molecular formula is C12H17N2O2. The van der Waals surface area contributed by atoms with Crippen molar-refractivity contribution in [1.82, 2.24) is 0 Å². The first-order valence-electron chi connectivity index (χ1n) is 5.58. The Bertz CT molecular complexity index is 349. The maximum atomic E-state index is 6.00. The molecule has 87 valence electrons. The molecule has 0 spiro atoms. The monoisotopic (exact) mass is 221 g/mol. The minimum atomic E-state index is 0.632. The van der Waals surface area contributed by atoms with Crippen LogP contribution in [0.15, 0.2) is 12.1 Å². The van der Waals surface area contributed by atoms with Gasteiger partial charge in [0.15, 0.2) is 0 Å². The van der Waals surface area contributed by atoms with Crippen LogP contribution in [0.25, 0.3) is 0 Å². The summed E-state index contributed by atoms with van der Waals surface area (Å²) < 4.78 is 10.7. The lowest BCUT2D eigenvalue weighted by molar-refractivity contribution is 0.123. The first-order valence-corrected chi connectivity index (χ1v) is 5.58. The van der Waals surface area contributed by atoms with Crippen LogP contribution < -0.4 is 15.4 Å². The van der Waals surface area contributed by atoms with E-state index in [0.717, 1.165) is 37.7 Å². The summed E-state index contributed by atoms with van der Waals surface area (Å²) in [6.45, 7) is 5.85. The molecule has 2 rings (SSSR count). The van der Waals surface area contributed by atoms with Crippen molar-refractivity contribution in [3.05, 3.63) is 18.2 Å². The minimum Gasteiger partial charge on any atom is -0.493 e. The zero-order chi connectivity index (χ0) is 11.4. The van der Waals surface area contributed by atoms with Crippen molar-refractivity contribution in [2.75, 3.05) is 43.5 Å². The fourth-order valence-corrected chi connectivity index (χ4v) is 1.80. The van der Waals surface area contributed by atoms with E-state index < -0.39 is 0 Å². The van der Waals surface area contributed by atoms with E-state index in [0.29, 0.717) is 12.4 Å². The first kappa shape index (κ1) is 11.1. The summed E-state index contributed by atoms with van der Waals surface area (Å²) in [4.78, 5) is 2.21. The molecule has 1 aliphatic rings. The van der Waals surface area contributed by atoms with Gasteiger partial charge in [-0.25, -0.2) is 0 Å². The van der Waals surface area contributed by atoms with Crippen molar-refractivity contribution in [2.45, 2.75) is 6.92 Å². The van der Waals surface area contributed by atoms with Crippen molar-refractivity contribution in [3.63, 3.8) is 0 Å². The van der Waals surface area contributed by atoms with E-state index in [9.17, 15) is 0 Å². The van der Waals surface area contributed by atoms with Crippen LogP contribution in [0.1, 0.15) is 6.92 Å². The molecule has 2 N–H and O–H groups in total. The number of hydrogen-bond donors (Lipinski definition) is 1. The third kappa shape index (κ3) is 2.39. The number of anilines is 2. The van der Waals surface area contributed by atoms with E-state index >= 15 is 0 Å². The van der Waals surface area contributed by atoms with Gasteiger partial charge in [-0.15, -0.1) is 0 Å². The molecule has 4 heteroatoms. The number of hydrogen-bond acceptors (Lipinski definition) is 4. The van der Waals surface area contributed by atoms with Crippen LogP contribution in [0.3, 0.4) is 0 Å². The van der Waals surface area contributed by atoms with Crippen LogP contribution in [-0.4, -0.2) is 32.9 Å². The molecule has 0 aliphatic carbocycles. The van der Waals surface area contributed by atoms with E-state index in [1.807, 2.05) is 19.1 Å². The Morgan fingerprint density at radius 2 is 2.25 bits per heavy atom. The molecule has 0 amide bonds. The van der Waals surface area contributed by atoms with Gasteiger partial charge in [0, 0.05) is 25.2 Å². The lowest BCUT2D eigenvalue weighted by Gasteiger charge is -2.29. The predicted octanol–water partition coefficient (Wildman–Crippen LogP) is 1.30. The Balaban J connectivity index is 2.14. The highest BCUT2D eigenvalue weighted by atomic mass is 16.5. The molecule has 1 fully saturated rings. The van der Waals surface area contributed by atoms with Gasteiger partial charge in [0.25, 0.3) is 0 Å².